The molecule has 3 fully saturated rings. The monoisotopic (exact) mass is 566 g/mol. The molecule has 4 rings (SSSR count). The number of aliphatic imine (C=N–C) groups is 1. The molecule has 3 unspecified atom stereocenters. The standard InChI is InChI=1S/C30H46N8O3/c1-22-19-38(20-25(22)18-31)23(2)17-24-6-8-26(9-7-24)37(21-39)12-10-28(32-3)34-30(41)36-15-13-35(14-16-36)29(40)27-5-4-11-33-27/h6-10,12,21-23,25,27,33H,4-5,11,13-20,31H2,1-3H3,(H,32,34,41)/b12-10-/t22?,23?,25-,27?/m1/s1. The molecule has 0 saturated carbocycles. The number of nitrogens with two attached hydrogens (primary N) is 1. The van der Waals surface area contributed by atoms with E-state index in [0.29, 0.717) is 49.9 Å². The van der Waals surface area contributed by atoms with E-state index >= 15 is 0 Å². The van der Waals surface area contributed by atoms with E-state index in [1.807, 2.05) is 17.0 Å². The first-order valence-electron chi connectivity index (χ1n) is 14.8. The Morgan fingerprint density at radius 1 is 1.17 bits per heavy atom. The maximum atomic E-state index is 12.8. The summed E-state index contributed by atoms with van der Waals surface area (Å²) in [6, 6.07) is 8.02. The van der Waals surface area contributed by atoms with Gasteiger partial charge in [-0.05, 0) is 74.9 Å². The van der Waals surface area contributed by atoms with Crippen molar-refractivity contribution in [2.24, 2.45) is 22.6 Å². The molecule has 4 N–H and O–H groups in total. The molecule has 11 heteroatoms. The van der Waals surface area contributed by atoms with Gasteiger partial charge in [0.2, 0.25) is 12.3 Å². The maximum Gasteiger partial charge on any atom is 0.323 e. The maximum absolute atomic E-state index is 12.8. The van der Waals surface area contributed by atoms with E-state index in [4.69, 9.17) is 5.73 Å². The summed E-state index contributed by atoms with van der Waals surface area (Å²) in [4.78, 5) is 49.0. The van der Waals surface area contributed by atoms with Crippen molar-refractivity contribution >= 4 is 29.9 Å². The normalized spacial score (nSPS) is 24.6. The van der Waals surface area contributed by atoms with Crippen LogP contribution in [0.3, 0.4) is 0 Å². The zero-order valence-corrected chi connectivity index (χ0v) is 24.7. The highest BCUT2D eigenvalue weighted by Gasteiger charge is 2.32. The van der Waals surface area contributed by atoms with Gasteiger partial charge >= 0.3 is 6.03 Å². The van der Waals surface area contributed by atoms with Gasteiger partial charge < -0.3 is 20.9 Å². The van der Waals surface area contributed by atoms with E-state index in [1.54, 1.807) is 24.2 Å². The van der Waals surface area contributed by atoms with Crippen LogP contribution in [0.15, 0.2) is 41.5 Å². The number of piperazine rings is 1. The third-order valence-electron chi connectivity index (χ3n) is 8.71. The van der Waals surface area contributed by atoms with Gasteiger partial charge in [0.05, 0.1) is 6.04 Å². The summed E-state index contributed by atoms with van der Waals surface area (Å²) in [6.07, 6.45) is 6.76. The quantitative estimate of drug-likeness (QED) is 0.235. The summed E-state index contributed by atoms with van der Waals surface area (Å²) in [5, 5.41) is 6.06. The van der Waals surface area contributed by atoms with Crippen molar-refractivity contribution in [3.05, 3.63) is 42.1 Å². The van der Waals surface area contributed by atoms with Crippen molar-refractivity contribution in [2.45, 2.75) is 45.2 Å². The van der Waals surface area contributed by atoms with Crippen molar-refractivity contribution in [3.8, 4) is 0 Å². The lowest BCUT2D eigenvalue weighted by Crippen LogP contribution is -2.56. The molecule has 3 aliphatic rings. The Kier molecular flexibility index (Phi) is 10.9. The summed E-state index contributed by atoms with van der Waals surface area (Å²) < 4.78 is 0. The number of urea groups is 1. The molecule has 3 saturated heterocycles. The number of carbonyl (C=O) groups excluding carboxylic acids is 3. The highest BCUT2D eigenvalue weighted by atomic mass is 16.2. The number of benzene rings is 1. The zero-order valence-electron chi connectivity index (χ0n) is 24.7. The largest absolute Gasteiger partial charge is 0.338 e. The molecule has 3 heterocycles. The summed E-state index contributed by atoms with van der Waals surface area (Å²) in [5.74, 6) is 1.66. The number of nitrogens with zero attached hydrogens (tertiary/aromatic N) is 5. The molecule has 11 nitrogen and oxygen atoms in total. The second kappa shape index (κ2) is 14.6. The Morgan fingerprint density at radius 2 is 1.88 bits per heavy atom. The predicted molar refractivity (Wildman–Crippen MR) is 162 cm³/mol. The molecule has 0 aromatic heterocycles. The molecule has 1 aromatic rings. The molecule has 3 aliphatic heterocycles. The fraction of sp³-hybridized carbons (Fsp3) is 0.600. The molecular weight excluding hydrogens is 520 g/mol. The van der Waals surface area contributed by atoms with Gasteiger partial charge in [-0.15, -0.1) is 0 Å². The summed E-state index contributed by atoms with van der Waals surface area (Å²) in [7, 11) is 1.59. The second-order valence-electron chi connectivity index (χ2n) is 11.5. The number of hydrogen-bond donors (Lipinski definition) is 3. The first-order chi connectivity index (χ1) is 19.8. The Bertz CT molecular complexity index is 1090. The number of likely N-dealkylation sites (tertiary alicyclic amines) is 1. The molecule has 0 bridgehead atoms. The number of hydrogen-bond acceptors (Lipinski definition) is 7. The van der Waals surface area contributed by atoms with Gasteiger partial charge in [-0.3, -0.25) is 29.7 Å². The van der Waals surface area contributed by atoms with E-state index in [1.165, 1.54) is 10.5 Å². The molecule has 0 spiro atoms. The van der Waals surface area contributed by atoms with E-state index in [2.05, 4.69) is 46.5 Å². The number of carbonyl (C=O) groups is 3. The van der Waals surface area contributed by atoms with Gasteiger partial charge in [-0.25, -0.2) is 4.79 Å². The van der Waals surface area contributed by atoms with Gasteiger partial charge in [0.1, 0.15) is 5.84 Å². The first-order valence-corrected chi connectivity index (χ1v) is 14.8. The Hall–Kier alpha value is -3.28. The average Bonchev–Trinajstić information content (AvgIpc) is 3.67. The minimum absolute atomic E-state index is 0.0942. The number of nitrogens with one attached hydrogen (secondary N) is 2. The smallest absolute Gasteiger partial charge is 0.323 e. The van der Waals surface area contributed by atoms with E-state index in [9.17, 15) is 14.4 Å². The fourth-order valence-electron chi connectivity index (χ4n) is 5.96. The van der Waals surface area contributed by atoms with Crippen LogP contribution >= 0.6 is 0 Å². The Morgan fingerprint density at radius 3 is 2.46 bits per heavy atom. The van der Waals surface area contributed by atoms with Crippen LogP contribution in [0, 0.1) is 11.8 Å². The lowest BCUT2D eigenvalue weighted by atomic mass is 9.99. The van der Waals surface area contributed by atoms with Crippen LogP contribution < -0.4 is 21.3 Å². The minimum atomic E-state index is -0.275. The number of anilines is 1. The van der Waals surface area contributed by atoms with Crippen LogP contribution in [0.1, 0.15) is 32.3 Å². The van der Waals surface area contributed by atoms with Crippen LogP contribution in [0.5, 0.6) is 0 Å². The average molecular weight is 567 g/mol. The molecule has 4 atom stereocenters. The highest BCUT2D eigenvalue weighted by molar-refractivity contribution is 6.04. The number of amidine groups is 1. The van der Waals surface area contributed by atoms with Gasteiger partial charge in [-0.1, -0.05) is 19.1 Å². The highest BCUT2D eigenvalue weighted by Crippen LogP contribution is 2.25. The molecule has 41 heavy (non-hydrogen) atoms. The van der Waals surface area contributed by atoms with Crippen LogP contribution in [0.25, 0.3) is 0 Å². The van der Waals surface area contributed by atoms with Crippen LogP contribution in [-0.2, 0) is 16.0 Å². The number of amides is 4. The van der Waals surface area contributed by atoms with Crippen LogP contribution in [0.4, 0.5) is 10.5 Å². The zero-order chi connectivity index (χ0) is 29.4. The molecule has 224 valence electrons. The fourth-order valence-corrected chi connectivity index (χ4v) is 5.96. The third kappa shape index (κ3) is 7.93. The lowest BCUT2D eigenvalue weighted by Gasteiger charge is -2.35. The molecular formula is C30H46N8O3. The van der Waals surface area contributed by atoms with Crippen LogP contribution in [0.2, 0.25) is 0 Å². The van der Waals surface area contributed by atoms with Crippen molar-refractivity contribution in [1.82, 2.24) is 25.3 Å². The van der Waals surface area contributed by atoms with Crippen molar-refractivity contribution in [2.75, 3.05) is 64.3 Å². The second-order valence-corrected chi connectivity index (χ2v) is 11.5. The summed E-state index contributed by atoms with van der Waals surface area (Å²) >= 11 is 0. The van der Waals surface area contributed by atoms with Gasteiger partial charge in [-0.2, -0.15) is 0 Å². The molecule has 0 aliphatic carbocycles. The Labute approximate surface area is 243 Å². The minimum Gasteiger partial charge on any atom is -0.338 e. The van der Waals surface area contributed by atoms with Crippen molar-refractivity contribution < 1.29 is 14.4 Å². The molecule has 0 radical (unpaired) electrons. The van der Waals surface area contributed by atoms with E-state index in [-0.39, 0.29) is 18.0 Å². The third-order valence-corrected chi connectivity index (χ3v) is 8.71. The Balaban J connectivity index is 1.26. The summed E-state index contributed by atoms with van der Waals surface area (Å²) in [5.41, 5.74) is 7.87. The molecule has 4 amide bonds. The summed E-state index contributed by atoms with van der Waals surface area (Å²) in [6.45, 7) is 10.2. The van der Waals surface area contributed by atoms with Gasteiger partial charge in [0.25, 0.3) is 0 Å². The SMILES string of the molecule is CN=C(/C=C\N(C=O)c1ccc(CC(C)N2CC(C)[C@H](CN)C2)cc1)NC(=O)N1CCN(C(=O)C2CCCN2)CC1. The van der Waals surface area contributed by atoms with E-state index < -0.39 is 0 Å². The first kappa shape index (κ1) is 30.7. The van der Waals surface area contributed by atoms with Crippen LogP contribution in [-0.4, -0.2) is 110 Å². The van der Waals surface area contributed by atoms with Gasteiger partial charge in [0.15, 0.2) is 0 Å². The number of rotatable bonds is 9. The van der Waals surface area contributed by atoms with E-state index in [0.717, 1.165) is 57.5 Å². The van der Waals surface area contributed by atoms with Crippen molar-refractivity contribution in [3.63, 3.8) is 0 Å². The lowest BCUT2D eigenvalue weighted by molar-refractivity contribution is -0.134. The van der Waals surface area contributed by atoms with Crippen molar-refractivity contribution in [1.29, 1.82) is 0 Å². The molecule has 1 aromatic carbocycles. The predicted octanol–water partition coefficient (Wildman–Crippen LogP) is 1.25. The van der Waals surface area contributed by atoms with Gasteiger partial charge in [0, 0.05) is 64.2 Å². The topological polar surface area (TPSA) is 127 Å².